The molecule has 0 aliphatic rings. The van der Waals surface area contributed by atoms with Gasteiger partial charge >= 0.3 is 0 Å². The van der Waals surface area contributed by atoms with Crippen LogP contribution in [0.4, 0.5) is 0 Å². The van der Waals surface area contributed by atoms with Crippen molar-refractivity contribution < 1.29 is 19.3 Å². The molecule has 0 radical (unpaired) electrons. The first-order valence-corrected chi connectivity index (χ1v) is 6.51. The summed E-state index contributed by atoms with van der Waals surface area (Å²) in [5, 5.41) is 10.7. The second-order valence-corrected chi connectivity index (χ2v) is 4.56. The lowest BCUT2D eigenvalue weighted by Gasteiger charge is -2.21. The first-order valence-electron chi connectivity index (χ1n) is 6.51. The number of hydrogen-bond acceptors (Lipinski definition) is 5. The quantitative estimate of drug-likeness (QED) is 0.916. The van der Waals surface area contributed by atoms with E-state index >= 15 is 0 Å². The molecule has 0 saturated carbocycles. The highest BCUT2D eigenvalue weighted by Crippen LogP contribution is 2.45. The first kappa shape index (κ1) is 15.1. The van der Waals surface area contributed by atoms with Gasteiger partial charge in [-0.15, -0.1) is 0 Å². The molecule has 1 aromatic heterocycles. The molecule has 112 valence electrons. The van der Waals surface area contributed by atoms with E-state index in [4.69, 9.17) is 14.2 Å². The lowest BCUT2D eigenvalue weighted by Crippen LogP contribution is -2.07. The van der Waals surface area contributed by atoms with Crippen LogP contribution >= 0.6 is 0 Å². The predicted octanol–water partition coefficient (Wildman–Crippen LogP) is 2.50. The highest BCUT2D eigenvalue weighted by Gasteiger charge is 2.25. The zero-order chi connectivity index (χ0) is 15.4. The summed E-state index contributed by atoms with van der Waals surface area (Å²) in [6.45, 7) is 1.89. The Bertz CT molecular complexity index is 613. The molecule has 0 bridgehead atoms. The van der Waals surface area contributed by atoms with Crippen molar-refractivity contribution in [3.8, 4) is 17.2 Å². The van der Waals surface area contributed by atoms with Crippen molar-refractivity contribution in [2.24, 2.45) is 0 Å². The van der Waals surface area contributed by atoms with Crippen LogP contribution in [0.2, 0.25) is 0 Å². The molecule has 0 spiro atoms. The maximum absolute atomic E-state index is 10.7. The zero-order valence-electron chi connectivity index (χ0n) is 12.6. The zero-order valence-corrected chi connectivity index (χ0v) is 12.6. The molecule has 1 aromatic carbocycles. The van der Waals surface area contributed by atoms with Crippen molar-refractivity contribution in [1.82, 2.24) is 4.98 Å². The topological polar surface area (TPSA) is 60.8 Å². The number of methoxy groups -OCH3 is 3. The van der Waals surface area contributed by atoms with Gasteiger partial charge < -0.3 is 19.3 Å². The molecule has 0 saturated heterocycles. The number of nitrogens with zero attached hydrogens (tertiary/aromatic N) is 1. The number of aromatic nitrogens is 1. The van der Waals surface area contributed by atoms with Crippen molar-refractivity contribution in [2.75, 3.05) is 21.3 Å². The minimum Gasteiger partial charge on any atom is -0.496 e. The number of aliphatic hydroxyl groups is 1. The number of pyridine rings is 1. The van der Waals surface area contributed by atoms with E-state index in [1.807, 2.05) is 13.0 Å². The van der Waals surface area contributed by atoms with Gasteiger partial charge in [0.25, 0.3) is 0 Å². The van der Waals surface area contributed by atoms with Crippen LogP contribution in [0.3, 0.4) is 0 Å². The summed E-state index contributed by atoms with van der Waals surface area (Å²) in [5.41, 5.74) is 2.05. The highest BCUT2D eigenvalue weighted by molar-refractivity contribution is 5.60. The largest absolute Gasteiger partial charge is 0.496 e. The lowest BCUT2D eigenvalue weighted by atomic mass is 9.98. The highest BCUT2D eigenvalue weighted by atomic mass is 16.5. The number of ether oxygens (including phenoxy) is 3. The Morgan fingerprint density at radius 2 is 1.81 bits per heavy atom. The fourth-order valence-corrected chi connectivity index (χ4v) is 2.34. The summed E-state index contributed by atoms with van der Waals surface area (Å²) in [5.74, 6) is 1.59. The Balaban J connectivity index is 2.65. The molecular formula is C16H19NO4. The molecule has 1 heterocycles. The normalized spacial score (nSPS) is 11.9. The molecule has 0 fully saturated rings. The molecule has 1 atom stereocenters. The lowest BCUT2D eigenvalue weighted by molar-refractivity contribution is 0.206. The monoisotopic (exact) mass is 289 g/mol. The SMILES string of the molecule is COc1cc(C)c(OC)c(OC)c1C(O)c1cccnc1. The van der Waals surface area contributed by atoms with Gasteiger partial charge in [0.15, 0.2) is 11.5 Å². The molecule has 0 aliphatic carbocycles. The standard InChI is InChI=1S/C16H19NO4/c1-10-8-12(19-2)13(16(21-4)15(10)20-3)14(18)11-6-5-7-17-9-11/h5-9,14,18H,1-4H3. The van der Waals surface area contributed by atoms with E-state index in [1.165, 1.54) is 7.11 Å². The molecule has 1 unspecified atom stereocenters. The number of benzene rings is 1. The van der Waals surface area contributed by atoms with E-state index in [9.17, 15) is 5.11 Å². The van der Waals surface area contributed by atoms with E-state index in [2.05, 4.69) is 4.98 Å². The van der Waals surface area contributed by atoms with Gasteiger partial charge in [0.1, 0.15) is 11.9 Å². The molecule has 0 amide bonds. The van der Waals surface area contributed by atoms with Crippen molar-refractivity contribution in [1.29, 1.82) is 0 Å². The predicted molar refractivity (Wildman–Crippen MR) is 79.1 cm³/mol. The summed E-state index contributed by atoms with van der Waals surface area (Å²) in [7, 11) is 4.66. The third-order valence-corrected chi connectivity index (χ3v) is 3.32. The van der Waals surface area contributed by atoms with Gasteiger partial charge in [-0.1, -0.05) is 6.07 Å². The Morgan fingerprint density at radius 1 is 1.10 bits per heavy atom. The summed E-state index contributed by atoms with van der Waals surface area (Å²) >= 11 is 0. The van der Waals surface area contributed by atoms with Gasteiger partial charge in [0.05, 0.1) is 26.9 Å². The first-order chi connectivity index (χ1) is 10.1. The Hall–Kier alpha value is -2.27. The fourth-order valence-electron chi connectivity index (χ4n) is 2.34. The number of aryl methyl sites for hydroxylation is 1. The molecular weight excluding hydrogens is 270 g/mol. The molecule has 21 heavy (non-hydrogen) atoms. The van der Waals surface area contributed by atoms with Crippen molar-refractivity contribution in [3.05, 3.63) is 47.3 Å². The maximum atomic E-state index is 10.7. The summed E-state index contributed by atoms with van der Waals surface area (Å²) < 4.78 is 16.2. The van der Waals surface area contributed by atoms with Crippen LogP contribution in [0.15, 0.2) is 30.6 Å². The van der Waals surface area contributed by atoms with Crippen molar-refractivity contribution in [3.63, 3.8) is 0 Å². The Kier molecular flexibility index (Phi) is 4.65. The average Bonchev–Trinajstić information content (AvgIpc) is 2.53. The number of hydrogen-bond donors (Lipinski definition) is 1. The van der Waals surface area contributed by atoms with E-state index in [0.29, 0.717) is 28.4 Å². The second kappa shape index (κ2) is 6.45. The van der Waals surface area contributed by atoms with Crippen molar-refractivity contribution >= 4 is 0 Å². The van der Waals surface area contributed by atoms with Gasteiger partial charge in [-0.2, -0.15) is 0 Å². The third-order valence-electron chi connectivity index (χ3n) is 3.32. The molecule has 2 aromatic rings. The summed E-state index contributed by atoms with van der Waals surface area (Å²) in [6.07, 6.45) is 2.34. The minimum absolute atomic E-state index is 0.464. The van der Waals surface area contributed by atoms with E-state index in [-0.39, 0.29) is 0 Å². The van der Waals surface area contributed by atoms with Gasteiger partial charge in [0, 0.05) is 18.0 Å². The fraction of sp³-hybridized carbons (Fsp3) is 0.312. The van der Waals surface area contributed by atoms with Gasteiger partial charge in [-0.3, -0.25) is 4.98 Å². The molecule has 0 aliphatic heterocycles. The maximum Gasteiger partial charge on any atom is 0.170 e. The van der Waals surface area contributed by atoms with Crippen LogP contribution in [-0.2, 0) is 0 Å². The number of rotatable bonds is 5. The van der Waals surface area contributed by atoms with E-state index in [1.54, 1.807) is 38.7 Å². The average molecular weight is 289 g/mol. The van der Waals surface area contributed by atoms with Gasteiger partial charge in [0.2, 0.25) is 0 Å². The third kappa shape index (κ3) is 2.78. The van der Waals surface area contributed by atoms with Crippen LogP contribution in [-0.4, -0.2) is 31.4 Å². The smallest absolute Gasteiger partial charge is 0.170 e. The van der Waals surface area contributed by atoms with E-state index in [0.717, 1.165) is 5.56 Å². The second-order valence-electron chi connectivity index (χ2n) is 4.56. The molecule has 1 N–H and O–H groups in total. The Labute approximate surface area is 124 Å². The molecule has 5 nitrogen and oxygen atoms in total. The van der Waals surface area contributed by atoms with Gasteiger partial charge in [-0.05, 0) is 24.6 Å². The Morgan fingerprint density at radius 3 is 2.33 bits per heavy atom. The minimum atomic E-state index is -0.918. The van der Waals surface area contributed by atoms with Gasteiger partial charge in [-0.25, -0.2) is 0 Å². The van der Waals surface area contributed by atoms with Crippen LogP contribution in [0.5, 0.6) is 17.2 Å². The summed E-state index contributed by atoms with van der Waals surface area (Å²) in [6, 6.07) is 5.38. The molecule has 2 rings (SSSR count). The van der Waals surface area contributed by atoms with Crippen LogP contribution in [0.1, 0.15) is 22.8 Å². The van der Waals surface area contributed by atoms with Crippen molar-refractivity contribution in [2.45, 2.75) is 13.0 Å². The van der Waals surface area contributed by atoms with Crippen LogP contribution < -0.4 is 14.2 Å². The number of aliphatic hydroxyl groups excluding tert-OH is 1. The van der Waals surface area contributed by atoms with E-state index < -0.39 is 6.10 Å². The van der Waals surface area contributed by atoms with Crippen LogP contribution in [0.25, 0.3) is 0 Å². The van der Waals surface area contributed by atoms with Crippen LogP contribution in [0, 0.1) is 6.92 Å². The summed E-state index contributed by atoms with van der Waals surface area (Å²) in [4.78, 5) is 4.03. The molecule has 5 heteroatoms.